The lowest BCUT2D eigenvalue weighted by molar-refractivity contribution is 0.382. The molecule has 11 heavy (non-hydrogen) atoms. The molecule has 0 spiro atoms. The van der Waals surface area contributed by atoms with Gasteiger partial charge in [-0.15, -0.1) is 6.58 Å². The molecule has 64 valence electrons. The first-order valence-corrected chi connectivity index (χ1v) is 4.03. The number of aliphatic imine (C=N–C) groups is 1. The lowest BCUT2D eigenvalue weighted by Gasteiger charge is -2.22. The van der Waals surface area contributed by atoms with Crippen LogP contribution in [0.2, 0.25) is 0 Å². The van der Waals surface area contributed by atoms with Crippen LogP contribution in [0.3, 0.4) is 0 Å². The van der Waals surface area contributed by atoms with Crippen LogP contribution >= 0.6 is 0 Å². The van der Waals surface area contributed by atoms with Crippen molar-refractivity contribution >= 4 is 6.21 Å². The summed E-state index contributed by atoms with van der Waals surface area (Å²) in [4.78, 5) is 3.97. The van der Waals surface area contributed by atoms with Crippen molar-refractivity contribution in [2.45, 2.75) is 33.6 Å². The van der Waals surface area contributed by atoms with Crippen LogP contribution in [0, 0.1) is 5.41 Å². The highest BCUT2D eigenvalue weighted by atomic mass is 14.6. The second kappa shape index (κ2) is 4.32. The number of hydrogen-bond acceptors (Lipinski definition) is 1. The first kappa shape index (κ1) is 10.4. The van der Waals surface area contributed by atoms with Gasteiger partial charge >= 0.3 is 0 Å². The first-order chi connectivity index (χ1) is 4.98. The molecular formula is C10H19N. The molecule has 0 radical (unpaired) electrons. The summed E-state index contributed by atoms with van der Waals surface area (Å²) in [6, 6.07) is 0. The summed E-state index contributed by atoms with van der Waals surface area (Å²) in [6.45, 7) is 10.5. The van der Waals surface area contributed by atoms with Crippen molar-refractivity contribution in [1.82, 2.24) is 0 Å². The quantitative estimate of drug-likeness (QED) is 0.435. The van der Waals surface area contributed by atoms with E-state index < -0.39 is 0 Å². The van der Waals surface area contributed by atoms with Gasteiger partial charge in [0.2, 0.25) is 0 Å². The molecular weight excluding hydrogens is 134 g/mol. The SMILES string of the molecule is C=C(C)CC(C)(C)CC=NC. The van der Waals surface area contributed by atoms with E-state index in [0.717, 1.165) is 12.8 Å². The van der Waals surface area contributed by atoms with E-state index in [1.54, 1.807) is 0 Å². The minimum Gasteiger partial charge on any atom is -0.301 e. The smallest absolute Gasteiger partial charge is 0.0273 e. The van der Waals surface area contributed by atoms with Crippen LogP contribution in [0.4, 0.5) is 0 Å². The van der Waals surface area contributed by atoms with Crippen LogP contribution in [0.25, 0.3) is 0 Å². The predicted octanol–water partition coefficient (Wildman–Crippen LogP) is 3.07. The van der Waals surface area contributed by atoms with Crippen LogP contribution in [-0.2, 0) is 0 Å². The molecule has 0 aromatic carbocycles. The zero-order chi connectivity index (χ0) is 8.91. The van der Waals surface area contributed by atoms with Gasteiger partial charge in [0, 0.05) is 7.05 Å². The van der Waals surface area contributed by atoms with Gasteiger partial charge in [-0.2, -0.15) is 0 Å². The molecule has 1 heteroatoms. The van der Waals surface area contributed by atoms with Crippen molar-refractivity contribution in [2.24, 2.45) is 10.4 Å². The van der Waals surface area contributed by atoms with Crippen LogP contribution in [0.1, 0.15) is 33.6 Å². The summed E-state index contributed by atoms with van der Waals surface area (Å²) in [5.41, 5.74) is 1.57. The molecule has 0 aromatic heterocycles. The maximum Gasteiger partial charge on any atom is 0.0273 e. The van der Waals surface area contributed by atoms with Crippen LogP contribution in [-0.4, -0.2) is 13.3 Å². The van der Waals surface area contributed by atoms with Crippen molar-refractivity contribution in [3.63, 3.8) is 0 Å². The summed E-state index contributed by atoms with van der Waals surface area (Å²) in [5.74, 6) is 0. The van der Waals surface area contributed by atoms with Crippen LogP contribution in [0.15, 0.2) is 17.1 Å². The minimum absolute atomic E-state index is 0.325. The van der Waals surface area contributed by atoms with Crippen molar-refractivity contribution in [2.75, 3.05) is 7.05 Å². The van der Waals surface area contributed by atoms with E-state index in [9.17, 15) is 0 Å². The average Bonchev–Trinajstić information content (AvgIpc) is 1.81. The second-order valence-corrected chi connectivity index (χ2v) is 3.94. The molecule has 0 aromatic rings. The van der Waals surface area contributed by atoms with E-state index in [-0.39, 0.29) is 0 Å². The fourth-order valence-electron chi connectivity index (χ4n) is 1.23. The van der Waals surface area contributed by atoms with Gasteiger partial charge in [0.1, 0.15) is 0 Å². The van der Waals surface area contributed by atoms with Crippen molar-refractivity contribution in [3.05, 3.63) is 12.2 Å². The number of rotatable bonds is 4. The Kier molecular flexibility index (Phi) is 4.09. The van der Waals surface area contributed by atoms with E-state index in [4.69, 9.17) is 0 Å². The maximum absolute atomic E-state index is 3.97. The van der Waals surface area contributed by atoms with E-state index in [0.29, 0.717) is 5.41 Å². The summed E-state index contributed by atoms with van der Waals surface area (Å²) >= 11 is 0. The molecule has 0 aliphatic heterocycles. The lowest BCUT2D eigenvalue weighted by Crippen LogP contribution is -2.11. The standard InChI is InChI=1S/C10H19N/c1-9(2)8-10(3,4)6-7-11-5/h7H,1,6,8H2,2-5H3. The van der Waals surface area contributed by atoms with Crippen molar-refractivity contribution in [1.29, 1.82) is 0 Å². The van der Waals surface area contributed by atoms with Crippen LogP contribution < -0.4 is 0 Å². The Hall–Kier alpha value is -0.590. The Morgan fingerprint density at radius 3 is 2.45 bits per heavy atom. The van der Waals surface area contributed by atoms with Crippen molar-refractivity contribution in [3.8, 4) is 0 Å². The molecule has 0 atom stereocenters. The Labute approximate surface area is 70.2 Å². The molecule has 0 rings (SSSR count). The maximum atomic E-state index is 3.97. The fourth-order valence-corrected chi connectivity index (χ4v) is 1.23. The van der Waals surface area contributed by atoms with Gasteiger partial charge in [0.15, 0.2) is 0 Å². The highest BCUT2D eigenvalue weighted by Crippen LogP contribution is 2.26. The summed E-state index contributed by atoms with van der Waals surface area (Å²) in [6.07, 6.45) is 4.10. The van der Waals surface area contributed by atoms with Crippen molar-refractivity contribution < 1.29 is 0 Å². The Morgan fingerprint density at radius 2 is 2.09 bits per heavy atom. The zero-order valence-corrected chi connectivity index (χ0v) is 8.15. The summed E-state index contributed by atoms with van der Waals surface area (Å²) < 4.78 is 0. The Bertz CT molecular complexity index is 154. The van der Waals surface area contributed by atoms with Crippen LogP contribution in [0.5, 0.6) is 0 Å². The lowest BCUT2D eigenvalue weighted by atomic mass is 9.84. The van der Waals surface area contributed by atoms with Gasteiger partial charge in [0.05, 0.1) is 0 Å². The van der Waals surface area contributed by atoms with E-state index in [1.165, 1.54) is 5.57 Å². The summed E-state index contributed by atoms with van der Waals surface area (Å²) in [5, 5.41) is 0. The molecule has 0 amide bonds. The topological polar surface area (TPSA) is 12.4 Å². The normalized spacial score (nSPS) is 12.4. The molecule has 0 aliphatic carbocycles. The third-order valence-electron chi connectivity index (χ3n) is 1.61. The van der Waals surface area contributed by atoms with Gasteiger partial charge in [-0.3, -0.25) is 0 Å². The summed E-state index contributed by atoms with van der Waals surface area (Å²) in [7, 11) is 1.82. The number of allylic oxidation sites excluding steroid dienone is 1. The third kappa shape index (κ3) is 5.84. The first-order valence-electron chi connectivity index (χ1n) is 4.03. The van der Waals surface area contributed by atoms with E-state index in [1.807, 2.05) is 13.3 Å². The van der Waals surface area contributed by atoms with Gasteiger partial charge in [-0.1, -0.05) is 19.4 Å². The fraction of sp³-hybridized carbons (Fsp3) is 0.700. The molecule has 0 heterocycles. The van der Waals surface area contributed by atoms with Gasteiger partial charge in [0.25, 0.3) is 0 Å². The molecule has 0 unspecified atom stereocenters. The highest BCUT2D eigenvalue weighted by Gasteiger charge is 2.15. The molecule has 1 nitrogen and oxygen atoms in total. The van der Waals surface area contributed by atoms with Gasteiger partial charge < -0.3 is 4.99 Å². The molecule has 0 N–H and O–H groups in total. The largest absolute Gasteiger partial charge is 0.301 e. The van der Waals surface area contributed by atoms with Gasteiger partial charge in [-0.05, 0) is 31.4 Å². The minimum atomic E-state index is 0.325. The monoisotopic (exact) mass is 153 g/mol. The molecule has 0 saturated heterocycles. The average molecular weight is 153 g/mol. The predicted molar refractivity (Wildman–Crippen MR) is 52.2 cm³/mol. The molecule has 0 saturated carbocycles. The highest BCUT2D eigenvalue weighted by molar-refractivity contribution is 5.57. The molecule has 0 bridgehead atoms. The van der Waals surface area contributed by atoms with E-state index >= 15 is 0 Å². The third-order valence-corrected chi connectivity index (χ3v) is 1.61. The second-order valence-electron chi connectivity index (χ2n) is 3.94. The van der Waals surface area contributed by atoms with Gasteiger partial charge in [-0.25, -0.2) is 0 Å². The zero-order valence-electron chi connectivity index (χ0n) is 8.15. The number of hydrogen-bond donors (Lipinski definition) is 0. The Balaban J connectivity index is 3.89. The number of nitrogens with zero attached hydrogens (tertiary/aromatic N) is 1. The molecule has 0 aliphatic rings. The van der Waals surface area contributed by atoms with E-state index in [2.05, 4.69) is 32.3 Å². The molecule has 0 fully saturated rings. The Morgan fingerprint density at radius 1 is 1.55 bits per heavy atom.